The van der Waals surface area contributed by atoms with Crippen molar-refractivity contribution in [3.8, 4) is 0 Å². The Bertz CT molecular complexity index is 897. The van der Waals surface area contributed by atoms with E-state index in [1.807, 2.05) is 25.1 Å². The van der Waals surface area contributed by atoms with E-state index in [2.05, 4.69) is 20.6 Å². The maximum atomic E-state index is 12.2. The summed E-state index contributed by atoms with van der Waals surface area (Å²) >= 11 is 0. The van der Waals surface area contributed by atoms with Gasteiger partial charge in [0.1, 0.15) is 5.82 Å². The van der Waals surface area contributed by atoms with Crippen molar-refractivity contribution in [2.75, 3.05) is 5.32 Å². The highest BCUT2D eigenvalue weighted by atomic mass is 16.2. The normalized spacial score (nSPS) is 10.6. The van der Waals surface area contributed by atoms with Crippen LogP contribution in [0.15, 0.2) is 42.5 Å². The lowest BCUT2D eigenvalue weighted by atomic mass is 10.1. The highest BCUT2D eigenvalue weighted by Crippen LogP contribution is 2.14. The molecule has 0 fully saturated rings. The molecule has 122 valence electrons. The van der Waals surface area contributed by atoms with Crippen LogP contribution in [-0.4, -0.2) is 21.8 Å². The maximum Gasteiger partial charge on any atom is 0.251 e. The summed E-state index contributed by atoms with van der Waals surface area (Å²) in [6.07, 6.45) is 0. The number of nitrogens with zero attached hydrogens (tertiary/aromatic N) is 1. The van der Waals surface area contributed by atoms with Gasteiger partial charge in [-0.1, -0.05) is 6.07 Å². The third-order valence-electron chi connectivity index (χ3n) is 3.59. The number of carbonyl (C=O) groups is 2. The van der Waals surface area contributed by atoms with E-state index in [-0.39, 0.29) is 11.8 Å². The quantitative estimate of drug-likeness (QED) is 0.690. The number of fused-ring (bicyclic) bond motifs is 1. The molecule has 0 aliphatic heterocycles. The van der Waals surface area contributed by atoms with E-state index >= 15 is 0 Å². The number of benzene rings is 2. The Hall–Kier alpha value is -3.15. The number of nitrogens with one attached hydrogen (secondary N) is 3. The van der Waals surface area contributed by atoms with Gasteiger partial charge in [-0.3, -0.25) is 9.59 Å². The molecule has 0 aliphatic rings. The fourth-order valence-corrected chi connectivity index (χ4v) is 2.49. The van der Waals surface area contributed by atoms with E-state index in [0.717, 1.165) is 22.4 Å². The van der Waals surface area contributed by atoms with Crippen molar-refractivity contribution in [2.24, 2.45) is 0 Å². The standard InChI is InChI=1S/C18H18N4O2/c1-11-20-16-8-3-13(9-17(16)21-11)10-19-18(24)14-4-6-15(7-5-14)22-12(2)23/h3-9H,10H2,1-2H3,(H,19,24)(H,20,21)(H,22,23). The van der Waals surface area contributed by atoms with Gasteiger partial charge in [0, 0.05) is 24.7 Å². The number of anilines is 1. The summed E-state index contributed by atoms with van der Waals surface area (Å²) in [6.45, 7) is 3.78. The van der Waals surface area contributed by atoms with Crippen LogP contribution in [0.1, 0.15) is 28.7 Å². The minimum Gasteiger partial charge on any atom is -0.348 e. The van der Waals surface area contributed by atoms with Crippen molar-refractivity contribution in [1.29, 1.82) is 0 Å². The zero-order valence-corrected chi connectivity index (χ0v) is 13.5. The molecule has 0 spiro atoms. The van der Waals surface area contributed by atoms with Gasteiger partial charge < -0.3 is 15.6 Å². The smallest absolute Gasteiger partial charge is 0.251 e. The molecule has 6 nitrogen and oxygen atoms in total. The van der Waals surface area contributed by atoms with E-state index in [1.54, 1.807) is 24.3 Å². The Morgan fingerprint density at radius 3 is 2.58 bits per heavy atom. The monoisotopic (exact) mass is 322 g/mol. The lowest BCUT2D eigenvalue weighted by Crippen LogP contribution is -2.22. The first kappa shape index (κ1) is 15.7. The molecule has 0 unspecified atom stereocenters. The Labute approximate surface area is 139 Å². The summed E-state index contributed by atoms with van der Waals surface area (Å²) < 4.78 is 0. The Balaban J connectivity index is 1.64. The third kappa shape index (κ3) is 3.60. The molecular weight excluding hydrogens is 304 g/mol. The van der Waals surface area contributed by atoms with Gasteiger partial charge >= 0.3 is 0 Å². The van der Waals surface area contributed by atoms with Crippen LogP contribution in [0.3, 0.4) is 0 Å². The predicted octanol–water partition coefficient (Wildman–Crippen LogP) is 2.76. The second kappa shape index (κ2) is 6.54. The van der Waals surface area contributed by atoms with Crippen LogP contribution in [0, 0.1) is 6.92 Å². The Morgan fingerprint density at radius 2 is 1.88 bits per heavy atom. The topological polar surface area (TPSA) is 86.9 Å². The fraction of sp³-hybridized carbons (Fsp3) is 0.167. The van der Waals surface area contributed by atoms with Gasteiger partial charge in [-0.05, 0) is 48.9 Å². The zero-order valence-electron chi connectivity index (χ0n) is 13.5. The summed E-state index contributed by atoms with van der Waals surface area (Å²) in [7, 11) is 0. The highest BCUT2D eigenvalue weighted by molar-refractivity contribution is 5.95. The van der Waals surface area contributed by atoms with Crippen molar-refractivity contribution in [3.63, 3.8) is 0 Å². The lowest BCUT2D eigenvalue weighted by Gasteiger charge is -2.07. The maximum absolute atomic E-state index is 12.2. The first-order chi connectivity index (χ1) is 11.5. The molecule has 2 amide bonds. The minimum absolute atomic E-state index is 0.142. The number of aromatic amines is 1. The molecule has 0 saturated carbocycles. The van der Waals surface area contributed by atoms with Crippen LogP contribution in [0.25, 0.3) is 11.0 Å². The summed E-state index contributed by atoms with van der Waals surface area (Å²) in [5, 5.41) is 5.55. The van der Waals surface area contributed by atoms with Crippen molar-refractivity contribution in [2.45, 2.75) is 20.4 Å². The number of amides is 2. The number of hydrogen-bond donors (Lipinski definition) is 3. The molecular formula is C18H18N4O2. The van der Waals surface area contributed by atoms with Crippen molar-refractivity contribution >= 4 is 28.5 Å². The van der Waals surface area contributed by atoms with Gasteiger partial charge in [0.05, 0.1) is 11.0 Å². The largest absolute Gasteiger partial charge is 0.348 e. The molecule has 3 N–H and O–H groups in total. The summed E-state index contributed by atoms with van der Waals surface area (Å²) in [6, 6.07) is 12.6. The van der Waals surface area contributed by atoms with Gasteiger partial charge in [-0.15, -0.1) is 0 Å². The van der Waals surface area contributed by atoms with Crippen molar-refractivity contribution in [3.05, 3.63) is 59.4 Å². The van der Waals surface area contributed by atoms with Crippen LogP contribution in [0.4, 0.5) is 5.69 Å². The average molecular weight is 322 g/mol. The number of aryl methyl sites for hydroxylation is 1. The molecule has 1 heterocycles. The third-order valence-corrected chi connectivity index (χ3v) is 3.59. The number of hydrogen-bond acceptors (Lipinski definition) is 3. The second-order valence-electron chi connectivity index (χ2n) is 5.61. The minimum atomic E-state index is -0.162. The summed E-state index contributed by atoms with van der Waals surface area (Å²) in [5.41, 5.74) is 4.08. The summed E-state index contributed by atoms with van der Waals surface area (Å²) in [4.78, 5) is 30.7. The Morgan fingerprint density at radius 1 is 1.12 bits per heavy atom. The molecule has 3 aromatic rings. The SMILES string of the molecule is CC(=O)Nc1ccc(C(=O)NCc2ccc3nc(C)[nH]c3c2)cc1. The van der Waals surface area contributed by atoms with Crippen molar-refractivity contribution in [1.82, 2.24) is 15.3 Å². The molecule has 0 radical (unpaired) electrons. The van der Waals surface area contributed by atoms with Crippen LogP contribution in [0.5, 0.6) is 0 Å². The van der Waals surface area contributed by atoms with Crippen LogP contribution in [0.2, 0.25) is 0 Å². The zero-order chi connectivity index (χ0) is 17.1. The van der Waals surface area contributed by atoms with E-state index in [9.17, 15) is 9.59 Å². The van der Waals surface area contributed by atoms with E-state index in [1.165, 1.54) is 6.92 Å². The molecule has 3 rings (SSSR count). The van der Waals surface area contributed by atoms with Crippen LogP contribution < -0.4 is 10.6 Å². The van der Waals surface area contributed by atoms with E-state index in [4.69, 9.17) is 0 Å². The first-order valence-electron chi connectivity index (χ1n) is 7.62. The number of imidazole rings is 1. The molecule has 24 heavy (non-hydrogen) atoms. The van der Waals surface area contributed by atoms with E-state index < -0.39 is 0 Å². The molecule has 0 atom stereocenters. The van der Waals surface area contributed by atoms with Gasteiger partial charge in [0.2, 0.25) is 5.91 Å². The van der Waals surface area contributed by atoms with E-state index in [0.29, 0.717) is 17.8 Å². The number of rotatable bonds is 4. The van der Waals surface area contributed by atoms with Gasteiger partial charge in [-0.2, -0.15) is 0 Å². The summed E-state index contributed by atoms with van der Waals surface area (Å²) in [5.74, 6) is 0.562. The van der Waals surface area contributed by atoms with Crippen LogP contribution in [-0.2, 0) is 11.3 Å². The van der Waals surface area contributed by atoms with Crippen molar-refractivity contribution < 1.29 is 9.59 Å². The van der Waals surface area contributed by atoms with Crippen LogP contribution >= 0.6 is 0 Å². The average Bonchev–Trinajstić information content (AvgIpc) is 2.92. The predicted molar refractivity (Wildman–Crippen MR) is 92.7 cm³/mol. The molecule has 6 heteroatoms. The number of carbonyl (C=O) groups excluding carboxylic acids is 2. The first-order valence-corrected chi connectivity index (χ1v) is 7.62. The molecule has 0 saturated heterocycles. The lowest BCUT2D eigenvalue weighted by molar-refractivity contribution is -0.114. The molecule has 0 aliphatic carbocycles. The molecule has 0 bridgehead atoms. The highest BCUT2D eigenvalue weighted by Gasteiger charge is 2.07. The number of aromatic nitrogens is 2. The fourth-order valence-electron chi connectivity index (χ4n) is 2.49. The number of H-pyrrole nitrogens is 1. The van der Waals surface area contributed by atoms with Gasteiger partial charge in [-0.25, -0.2) is 4.98 Å². The van der Waals surface area contributed by atoms with Gasteiger partial charge in [0.15, 0.2) is 0 Å². The molecule has 1 aromatic heterocycles. The second-order valence-corrected chi connectivity index (χ2v) is 5.61. The molecule has 2 aromatic carbocycles. The van der Waals surface area contributed by atoms with Gasteiger partial charge in [0.25, 0.3) is 5.91 Å². The Kier molecular flexibility index (Phi) is 4.29.